The van der Waals surface area contributed by atoms with Crippen LogP contribution in [0.4, 0.5) is 0 Å². The number of hydrogen-bond acceptors (Lipinski definition) is 3. The van der Waals surface area contributed by atoms with Crippen LogP contribution < -0.4 is 10.5 Å². The first-order chi connectivity index (χ1) is 9.60. The van der Waals surface area contributed by atoms with E-state index in [4.69, 9.17) is 15.2 Å². The van der Waals surface area contributed by atoms with Gasteiger partial charge in [0.25, 0.3) is 0 Å². The SMILES string of the molecule is CC(N)OCCOc1ccc(C(C)(C)CC(C)(C)C)cc1. The van der Waals surface area contributed by atoms with Crippen LogP contribution in [0, 0.1) is 5.41 Å². The fourth-order valence-electron chi connectivity index (χ4n) is 2.82. The van der Waals surface area contributed by atoms with Crippen LogP contribution in [0.1, 0.15) is 53.5 Å². The monoisotopic (exact) mass is 293 g/mol. The highest BCUT2D eigenvalue weighted by Gasteiger charge is 2.27. The highest BCUT2D eigenvalue weighted by molar-refractivity contribution is 5.31. The van der Waals surface area contributed by atoms with Crippen molar-refractivity contribution in [2.75, 3.05) is 13.2 Å². The predicted molar refractivity (Wildman–Crippen MR) is 88.6 cm³/mol. The molecule has 0 aromatic heterocycles. The van der Waals surface area contributed by atoms with Gasteiger partial charge in [-0.15, -0.1) is 0 Å². The molecule has 0 heterocycles. The Morgan fingerprint density at radius 1 is 1.00 bits per heavy atom. The number of hydrogen-bond donors (Lipinski definition) is 1. The van der Waals surface area contributed by atoms with Gasteiger partial charge in [0.05, 0.1) is 6.61 Å². The smallest absolute Gasteiger partial charge is 0.119 e. The van der Waals surface area contributed by atoms with Crippen LogP contribution in [0.3, 0.4) is 0 Å². The fraction of sp³-hybridized carbons (Fsp3) is 0.667. The molecule has 0 aliphatic rings. The summed E-state index contributed by atoms with van der Waals surface area (Å²) in [5.41, 5.74) is 7.33. The van der Waals surface area contributed by atoms with Gasteiger partial charge in [0, 0.05) is 0 Å². The summed E-state index contributed by atoms with van der Waals surface area (Å²) in [5, 5.41) is 0. The van der Waals surface area contributed by atoms with Crippen molar-refractivity contribution >= 4 is 0 Å². The van der Waals surface area contributed by atoms with Crippen molar-refractivity contribution in [1.82, 2.24) is 0 Å². The lowest BCUT2D eigenvalue weighted by Crippen LogP contribution is -2.24. The molecular weight excluding hydrogens is 262 g/mol. The second kappa shape index (κ2) is 7.28. The third-order valence-corrected chi connectivity index (χ3v) is 3.34. The molecule has 120 valence electrons. The molecule has 21 heavy (non-hydrogen) atoms. The molecule has 0 saturated carbocycles. The first kappa shape index (κ1) is 18.0. The summed E-state index contributed by atoms with van der Waals surface area (Å²) in [7, 11) is 0. The van der Waals surface area contributed by atoms with E-state index in [1.165, 1.54) is 5.56 Å². The normalized spacial score (nSPS) is 14.0. The van der Waals surface area contributed by atoms with E-state index in [9.17, 15) is 0 Å². The van der Waals surface area contributed by atoms with Crippen molar-refractivity contribution < 1.29 is 9.47 Å². The van der Waals surface area contributed by atoms with E-state index in [1.54, 1.807) is 0 Å². The summed E-state index contributed by atoms with van der Waals surface area (Å²) in [6.07, 6.45) is 0.900. The predicted octanol–water partition coefficient (Wildman–Crippen LogP) is 4.10. The maximum atomic E-state index is 5.64. The number of rotatable bonds is 7. The van der Waals surface area contributed by atoms with Gasteiger partial charge in [-0.2, -0.15) is 0 Å². The summed E-state index contributed by atoms with van der Waals surface area (Å²) in [6, 6.07) is 8.39. The fourth-order valence-corrected chi connectivity index (χ4v) is 2.82. The first-order valence-electron chi connectivity index (χ1n) is 7.71. The standard InChI is InChI=1S/C18H31NO2/c1-14(19)20-11-12-21-16-9-7-15(8-10-16)18(5,6)13-17(2,3)4/h7-10,14H,11-13,19H2,1-6H3. The zero-order chi connectivity index (χ0) is 16.1. The minimum atomic E-state index is -0.242. The lowest BCUT2D eigenvalue weighted by atomic mass is 9.72. The molecule has 0 saturated heterocycles. The zero-order valence-corrected chi connectivity index (χ0v) is 14.4. The molecule has 3 heteroatoms. The van der Waals surface area contributed by atoms with Crippen molar-refractivity contribution in [3.8, 4) is 5.75 Å². The Balaban J connectivity index is 2.57. The van der Waals surface area contributed by atoms with E-state index in [-0.39, 0.29) is 11.6 Å². The lowest BCUT2D eigenvalue weighted by molar-refractivity contribution is 0.0484. The quantitative estimate of drug-likeness (QED) is 0.608. The molecule has 0 aliphatic carbocycles. The van der Waals surface area contributed by atoms with Gasteiger partial charge in [0.2, 0.25) is 0 Å². The Morgan fingerprint density at radius 3 is 2.05 bits per heavy atom. The van der Waals surface area contributed by atoms with Crippen LogP contribution in [0.5, 0.6) is 5.75 Å². The highest BCUT2D eigenvalue weighted by atomic mass is 16.5. The molecule has 1 aromatic rings. The number of ether oxygens (including phenoxy) is 2. The Kier molecular flexibility index (Phi) is 6.24. The maximum Gasteiger partial charge on any atom is 0.119 e. The van der Waals surface area contributed by atoms with Crippen LogP contribution in [0.15, 0.2) is 24.3 Å². The Hall–Kier alpha value is -1.06. The third kappa shape index (κ3) is 6.96. The molecule has 1 aromatic carbocycles. The van der Waals surface area contributed by atoms with E-state index >= 15 is 0 Å². The van der Waals surface area contributed by atoms with Gasteiger partial charge >= 0.3 is 0 Å². The van der Waals surface area contributed by atoms with Crippen LogP contribution in [0.25, 0.3) is 0 Å². The van der Waals surface area contributed by atoms with Gasteiger partial charge in [-0.25, -0.2) is 0 Å². The Morgan fingerprint density at radius 2 is 1.57 bits per heavy atom. The van der Waals surface area contributed by atoms with E-state index in [0.717, 1.165) is 12.2 Å². The minimum Gasteiger partial charge on any atom is -0.491 e. The molecule has 0 radical (unpaired) electrons. The summed E-state index contributed by atoms with van der Waals surface area (Å²) >= 11 is 0. The lowest BCUT2D eigenvalue weighted by Gasteiger charge is -2.33. The van der Waals surface area contributed by atoms with E-state index < -0.39 is 0 Å². The van der Waals surface area contributed by atoms with E-state index in [2.05, 4.69) is 46.8 Å². The van der Waals surface area contributed by atoms with Crippen LogP contribution >= 0.6 is 0 Å². The molecule has 0 aliphatic heterocycles. The van der Waals surface area contributed by atoms with Crippen LogP contribution in [-0.2, 0) is 10.2 Å². The Bertz CT molecular complexity index is 416. The Labute approximate surface area is 129 Å². The molecule has 1 unspecified atom stereocenters. The topological polar surface area (TPSA) is 44.5 Å². The average Bonchev–Trinajstić information content (AvgIpc) is 2.32. The number of benzene rings is 1. The molecule has 1 atom stereocenters. The van der Waals surface area contributed by atoms with Gasteiger partial charge in [-0.05, 0) is 41.9 Å². The van der Waals surface area contributed by atoms with Crippen LogP contribution in [0.2, 0.25) is 0 Å². The molecule has 2 N–H and O–H groups in total. The molecule has 0 bridgehead atoms. The molecule has 0 spiro atoms. The minimum absolute atomic E-state index is 0.162. The summed E-state index contributed by atoms with van der Waals surface area (Å²) < 4.78 is 10.9. The van der Waals surface area contributed by atoms with Gasteiger partial charge < -0.3 is 15.2 Å². The molecule has 0 amide bonds. The molecular formula is C18H31NO2. The average molecular weight is 293 g/mol. The van der Waals surface area contributed by atoms with Crippen molar-refractivity contribution in [1.29, 1.82) is 0 Å². The van der Waals surface area contributed by atoms with Gasteiger partial charge in [-0.3, -0.25) is 0 Å². The van der Waals surface area contributed by atoms with Gasteiger partial charge in [0.1, 0.15) is 18.6 Å². The van der Waals surface area contributed by atoms with Crippen molar-refractivity contribution in [3.63, 3.8) is 0 Å². The van der Waals surface area contributed by atoms with Crippen LogP contribution in [-0.4, -0.2) is 19.4 Å². The van der Waals surface area contributed by atoms with E-state index in [1.807, 2.05) is 19.1 Å². The van der Waals surface area contributed by atoms with Crippen molar-refractivity contribution in [2.45, 2.75) is 59.6 Å². The second-order valence-corrected chi connectivity index (χ2v) is 7.57. The largest absolute Gasteiger partial charge is 0.491 e. The number of nitrogens with two attached hydrogens (primary N) is 1. The van der Waals surface area contributed by atoms with Gasteiger partial charge in [-0.1, -0.05) is 46.8 Å². The molecule has 0 fully saturated rings. The molecule has 1 rings (SSSR count). The zero-order valence-electron chi connectivity index (χ0n) is 14.4. The third-order valence-electron chi connectivity index (χ3n) is 3.34. The van der Waals surface area contributed by atoms with E-state index in [0.29, 0.717) is 18.6 Å². The molecule has 3 nitrogen and oxygen atoms in total. The van der Waals surface area contributed by atoms with Crippen molar-refractivity contribution in [2.24, 2.45) is 11.1 Å². The summed E-state index contributed by atoms with van der Waals surface area (Å²) in [5.74, 6) is 0.874. The summed E-state index contributed by atoms with van der Waals surface area (Å²) in [6.45, 7) is 14.3. The van der Waals surface area contributed by atoms with Gasteiger partial charge in [0.15, 0.2) is 0 Å². The highest BCUT2D eigenvalue weighted by Crippen LogP contribution is 2.36. The van der Waals surface area contributed by atoms with Crippen molar-refractivity contribution in [3.05, 3.63) is 29.8 Å². The first-order valence-corrected chi connectivity index (χ1v) is 7.71. The second-order valence-electron chi connectivity index (χ2n) is 7.57. The summed E-state index contributed by atoms with van der Waals surface area (Å²) in [4.78, 5) is 0. The maximum absolute atomic E-state index is 5.64.